The van der Waals surface area contributed by atoms with Gasteiger partial charge in [0.1, 0.15) is 0 Å². The molecule has 1 atom stereocenters. The fourth-order valence-electron chi connectivity index (χ4n) is 3.39. The molecule has 8 nitrogen and oxygen atoms in total. The Labute approximate surface area is 200 Å². The Kier molecular flexibility index (Phi) is 7.14. The van der Waals surface area contributed by atoms with Crippen LogP contribution in [0.3, 0.4) is 0 Å². The van der Waals surface area contributed by atoms with Gasteiger partial charge in [0.25, 0.3) is 0 Å². The van der Waals surface area contributed by atoms with Crippen LogP contribution in [0.25, 0.3) is 10.2 Å². The number of hydrogen-bond donors (Lipinski definition) is 1. The van der Waals surface area contributed by atoms with Crippen molar-refractivity contribution in [2.45, 2.75) is 38.6 Å². The first-order valence-electron chi connectivity index (χ1n) is 10.5. The molecule has 0 bridgehead atoms. The van der Waals surface area contributed by atoms with Crippen LogP contribution in [0.15, 0.2) is 47.6 Å². The van der Waals surface area contributed by atoms with E-state index in [1.165, 1.54) is 23.1 Å². The average Bonchev–Trinajstić information content (AvgIpc) is 3.42. The molecule has 0 saturated carbocycles. The Hall–Kier alpha value is -3.11. The predicted octanol–water partition coefficient (Wildman–Crippen LogP) is 5.10. The summed E-state index contributed by atoms with van der Waals surface area (Å²) in [5.41, 5.74) is 2.01. The lowest BCUT2D eigenvalue weighted by atomic mass is 10.2. The van der Waals surface area contributed by atoms with Crippen molar-refractivity contribution >= 4 is 44.4 Å². The van der Waals surface area contributed by atoms with Crippen LogP contribution in [0, 0.1) is 6.92 Å². The standard InChI is InChI=1S/C23H25N5O3S2/c1-5-28-21(15(3)31-17-11-7-6-10-16(17)30-4)26-27-23(28)32-13-19(29)24-22-25-20-14(2)9-8-12-18(20)33-22/h6-12,15H,5,13H2,1-4H3,(H,24,25,29). The highest BCUT2D eigenvalue weighted by molar-refractivity contribution is 7.99. The Morgan fingerprint density at radius 2 is 1.97 bits per heavy atom. The lowest BCUT2D eigenvalue weighted by Gasteiger charge is -2.17. The molecular formula is C23H25N5O3S2. The van der Waals surface area contributed by atoms with Crippen molar-refractivity contribution < 1.29 is 14.3 Å². The van der Waals surface area contributed by atoms with E-state index in [0.29, 0.717) is 34.2 Å². The summed E-state index contributed by atoms with van der Waals surface area (Å²) in [7, 11) is 1.61. The number of benzene rings is 2. The number of carbonyl (C=O) groups excluding carboxylic acids is 1. The summed E-state index contributed by atoms with van der Waals surface area (Å²) in [5.74, 6) is 2.05. The van der Waals surface area contributed by atoms with Crippen LogP contribution in [0.1, 0.15) is 31.3 Å². The van der Waals surface area contributed by atoms with Crippen molar-refractivity contribution in [2.24, 2.45) is 0 Å². The maximum absolute atomic E-state index is 12.5. The lowest BCUT2D eigenvalue weighted by Crippen LogP contribution is -2.15. The van der Waals surface area contributed by atoms with Gasteiger partial charge in [-0.05, 0) is 44.5 Å². The van der Waals surface area contributed by atoms with Crippen LogP contribution in [-0.2, 0) is 11.3 Å². The minimum atomic E-state index is -0.345. The average molecular weight is 484 g/mol. The molecule has 172 valence electrons. The molecule has 0 fully saturated rings. The van der Waals surface area contributed by atoms with Crippen molar-refractivity contribution in [2.75, 3.05) is 18.2 Å². The number of ether oxygens (including phenoxy) is 2. The maximum atomic E-state index is 12.5. The molecule has 1 N–H and O–H groups in total. The van der Waals surface area contributed by atoms with Crippen molar-refractivity contribution in [3.8, 4) is 11.5 Å². The number of thiazole rings is 1. The van der Waals surface area contributed by atoms with Gasteiger partial charge < -0.3 is 19.4 Å². The second kappa shape index (κ2) is 10.2. The first-order valence-corrected chi connectivity index (χ1v) is 12.3. The highest BCUT2D eigenvalue weighted by atomic mass is 32.2. The molecule has 0 radical (unpaired) electrons. The third kappa shape index (κ3) is 5.12. The topological polar surface area (TPSA) is 91.2 Å². The number of thioether (sulfide) groups is 1. The number of rotatable bonds is 9. The molecule has 0 aliphatic carbocycles. The predicted molar refractivity (Wildman–Crippen MR) is 131 cm³/mol. The van der Waals surface area contributed by atoms with Crippen molar-refractivity contribution in [3.63, 3.8) is 0 Å². The van der Waals surface area contributed by atoms with Crippen molar-refractivity contribution in [1.82, 2.24) is 19.7 Å². The summed E-state index contributed by atoms with van der Waals surface area (Å²) in [6.07, 6.45) is -0.345. The van der Waals surface area contributed by atoms with E-state index in [1.807, 2.05) is 67.8 Å². The minimum Gasteiger partial charge on any atom is -0.493 e. The van der Waals surface area contributed by atoms with Crippen LogP contribution in [0.2, 0.25) is 0 Å². The summed E-state index contributed by atoms with van der Waals surface area (Å²) >= 11 is 2.80. The number of nitrogens with one attached hydrogen (secondary N) is 1. The summed E-state index contributed by atoms with van der Waals surface area (Å²) in [6.45, 7) is 6.59. The van der Waals surface area contributed by atoms with Gasteiger partial charge >= 0.3 is 0 Å². The number of amides is 1. The van der Waals surface area contributed by atoms with E-state index in [2.05, 4.69) is 20.5 Å². The molecule has 0 spiro atoms. The molecule has 2 aromatic heterocycles. The molecule has 33 heavy (non-hydrogen) atoms. The minimum absolute atomic E-state index is 0.137. The lowest BCUT2D eigenvalue weighted by molar-refractivity contribution is -0.113. The van der Waals surface area contributed by atoms with Crippen molar-refractivity contribution in [1.29, 1.82) is 0 Å². The van der Waals surface area contributed by atoms with Crippen LogP contribution < -0.4 is 14.8 Å². The van der Waals surface area contributed by atoms with Gasteiger partial charge in [-0.2, -0.15) is 0 Å². The number of fused-ring (bicyclic) bond motifs is 1. The Bertz CT molecular complexity index is 1270. The normalized spacial score (nSPS) is 12.0. The Morgan fingerprint density at radius 3 is 2.70 bits per heavy atom. The fourth-order valence-corrected chi connectivity index (χ4v) is 5.16. The quantitative estimate of drug-likeness (QED) is 0.331. The monoisotopic (exact) mass is 483 g/mol. The first-order chi connectivity index (χ1) is 16.0. The molecule has 10 heteroatoms. The summed E-state index contributed by atoms with van der Waals surface area (Å²) in [5, 5.41) is 12.8. The van der Waals surface area contributed by atoms with Gasteiger partial charge in [-0.25, -0.2) is 4.98 Å². The van der Waals surface area contributed by atoms with E-state index >= 15 is 0 Å². The van der Waals surface area contributed by atoms with Gasteiger partial charge in [-0.3, -0.25) is 4.79 Å². The molecule has 4 rings (SSSR count). The molecular weight excluding hydrogens is 458 g/mol. The van der Waals surface area contributed by atoms with E-state index in [1.54, 1.807) is 7.11 Å². The number of nitrogens with zero attached hydrogens (tertiary/aromatic N) is 4. The Morgan fingerprint density at radius 1 is 1.18 bits per heavy atom. The number of anilines is 1. The van der Waals surface area contributed by atoms with Gasteiger partial charge in [0.05, 0.1) is 23.1 Å². The van der Waals surface area contributed by atoms with E-state index in [-0.39, 0.29) is 17.8 Å². The maximum Gasteiger partial charge on any atom is 0.236 e. The van der Waals surface area contributed by atoms with Crippen LogP contribution >= 0.6 is 23.1 Å². The number of carbonyl (C=O) groups is 1. The number of aromatic nitrogens is 4. The van der Waals surface area contributed by atoms with Gasteiger partial charge in [-0.15, -0.1) is 10.2 Å². The van der Waals surface area contributed by atoms with E-state index < -0.39 is 0 Å². The zero-order valence-electron chi connectivity index (χ0n) is 18.9. The van der Waals surface area contributed by atoms with Crippen LogP contribution in [0.5, 0.6) is 11.5 Å². The van der Waals surface area contributed by atoms with Gasteiger partial charge in [-0.1, -0.05) is 47.4 Å². The highest BCUT2D eigenvalue weighted by Crippen LogP contribution is 2.31. The summed E-state index contributed by atoms with van der Waals surface area (Å²) < 4.78 is 14.5. The molecule has 0 aliphatic heterocycles. The zero-order chi connectivity index (χ0) is 23.4. The number of methoxy groups -OCH3 is 1. The van der Waals surface area contributed by atoms with Gasteiger partial charge in [0.2, 0.25) is 5.91 Å². The van der Waals surface area contributed by atoms with E-state index in [0.717, 1.165) is 15.8 Å². The van der Waals surface area contributed by atoms with Crippen molar-refractivity contribution in [3.05, 3.63) is 53.9 Å². The highest BCUT2D eigenvalue weighted by Gasteiger charge is 2.21. The molecule has 1 amide bonds. The van der Waals surface area contributed by atoms with Crippen LogP contribution in [0.4, 0.5) is 5.13 Å². The molecule has 4 aromatic rings. The van der Waals surface area contributed by atoms with Gasteiger partial charge in [0, 0.05) is 6.54 Å². The molecule has 0 saturated heterocycles. The molecule has 2 aromatic carbocycles. The zero-order valence-corrected chi connectivity index (χ0v) is 20.5. The first kappa shape index (κ1) is 23.1. The number of hydrogen-bond acceptors (Lipinski definition) is 8. The molecule has 2 heterocycles. The summed E-state index contributed by atoms with van der Waals surface area (Å²) in [4.78, 5) is 17.1. The number of aryl methyl sites for hydroxylation is 1. The molecule has 1 unspecified atom stereocenters. The SMILES string of the molecule is CCn1c(SCC(=O)Nc2nc3c(C)cccc3s2)nnc1C(C)Oc1ccccc1OC. The van der Waals surface area contributed by atoms with E-state index in [4.69, 9.17) is 9.47 Å². The second-order valence-electron chi connectivity index (χ2n) is 7.27. The molecule has 0 aliphatic rings. The third-order valence-corrected chi connectivity index (χ3v) is 6.90. The Balaban J connectivity index is 1.41. The van der Waals surface area contributed by atoms with Gasteiger partial charge in [0.15, 0.2) is 33.7 Å². The fraction of sp³-hybridized carbons (Fsp3) is 0.304. The third-order valence-electron chi connectivity index (χ3n) is 5.00. The van der Waals surface area contributed by atoms with E-state index in [9.17, 15) is 4.79 Å². The smallest absolute Gasteiger partial charge is 0.236 e. The van der Waals surface area contributed by atoms with Crippen LogP contribution in [-0.4, -0.2) is 38.5 Å². The number of para-hydroxylation sites is 3. The second-order valence-corrected chi connectivity index (χ2v) is 9.25. The summed E-state index contributed by atoms with van der Waals surface area (Å²) in [6, 6.07) is 13.5. The largest absolute Gasteiger partial charge is 0.493 e.